The average molecular weight is 417 g/mol. The standard InChI is InChI=1S/C15H12Br2FNO2/c16-13-4-3-12(18)5-11(13)8-19-7-10-2-1-9(15(20)21)6-14(10)17/h1-6,19H,7-8H2,(H,20,21). The highest BCUT2D eigenvalue weighted by Gasteiger charge is 2.07. The fourth-order valence-electron chi connectivity index (χ4n) is 1.83. The Labute approximate surface area is 138 Å². The third-order valence-electron chi connectivity index (χ3n) is 2.94. The second-order valence-electron chi connectivity index (χ2n) is 4.45. The molecule has 0 spiro atoms. The minimum atomic E-state index is -0.959. The number of aromatic carboxylic acids is 1. The zero-order chi connectivity index (χ0) is 15.4. The van der Waals surface area contributed by atoms with Crippen LogP contribution in [0.1, 0.15) is 21.5 Å². The molecule has 0 unspecified atom stereocenters. The largest absolute Gasteiger partial charge is 0.478 e. The highest BCUT2D eigenvalue weighted by Crippen LogP contribution is 2.20. The van der Waals surface area contributed by atoms with Gasteiger partial charge < -0.3 is 10.4 Å². The zero-order valence-corrected chi connectivity index (χ0v) is 14.0. The number of carboxylic acid groups (broad SMARTS) is 1. The van der Waals surface area contributed by atoms with Gasteiger partial charge in [-0.25, -0.2) is 9.18 Å². The fraction of sp³-hybridized carbons (Fsp3) is 0.133. The van der Waals surface area contributed by atoms with Crippen LogP contribution in [-0.2, 0) is 13.1 Å². The molecule has 2 N–H and O–H groups in total. The van der Waals surface area contributed by atoms with E-state index in [4.69, 9.17) is 5.11 Å². The molecular formula is C15H12Br2FNO2. The number of rotatable bonds is 5. The summed E-state index contributed by atoms with van der Waals surface area (Å²) in [5, 5.41) is 12.1. The van der Waals surface area contributed by atoms with Crippen LogP contribution in [0, 0.1) is 5.82 Å². The quantitative estimate of drug-likeness (QED) is 0.762. The van der Waals surface area contributed by atoms with Crippen molar-refractivity contribution in [3.63, 3.8) is 0 Å². The van der Waals surface area contributed by atoms with Gasteiger partial charge in [-0.2, -0.15) is 0 Å². The molecule has 0 fully saturated rings. The monoisotopic (exact) mass is 415 g/mol. The third kappa shape index (κ3) is 4.36. The first-order valence-corrected chi connectivity index (χ1v) is 7.72. The van der Waals surface area contributed by atoms with Gasteiger partial charge in [-0.15, -0.1) is 0 Å². The molecule has 0 saturated carbocycles. The van der Waals surface area contributed by atoms with E-state index in [1.165, 1.54) is 12.1 Å². The minimum absolute atomic E-state index is 0.235. The van der Waals surface area contributed by atoms with E-state index in [0.29, 0.717) is 13.1 Å². The molecule has 0 saturated heterocycles. The van der Waals surface area contributed by atoms with Gasteiger partial charge in [0.2, 0.25) is 0 Å². The van der Waals surface area contributed by atoms with E-state index in [2.05, 4.69) is 37.2 Å². The smallest absolute Gasteiger partial charge is 0.335 e. The van der Waals surface area contributed by atoms with Crippen molar-refractivity contribution in [3.8, 4) is 0 Å². The van der Waals surface area contributed by atoms with E-state index in [1.807, 2.05) is 0 Å². The zero-order valence-electron chi connectivity index (χ0n) is 10.9. The van der Waals surface area contributed by atoms with E-state index in [-0.39, 0.29) is 11.4 Å². The normalized spacial score (nSPS) is 10.6. The Kier molecular flexibility index (Phi) is 5.50. The molecule has 0 aliphatic rings. The number of halogens is 3. The van der Waals surface area contributed by atoms with Crippen LogP contribution in [0.3, 0.4) is 0 Å². The van der Waals surface area contributed by atoms with Gasteiger partial charge in [-0.3, -0.25) is 0 Å². The fourth-order valence-corrected chi connectivity index (χ4v) is 2.74. The molecule has 0 bridgehead atoms. The van der Waals surface area contributed by atoms with Crippen LogP contribution >= 0.6 is 31.9 Å². The number of carbonyl (C=O) groups is 1. The number of carboxylic acids is 1. The van der Waals surface area contributed by atoms with Gasteiger partial charge in [0.05, 0.1) is 5.56 Å². The molecule has 0 aromatic heterocycles. The van der Waals surface area contributed by atoms with E-state index in [1.54, 1.807) is 24.3 Å². The Morgan fingerprint density at radius 2 is 1.76 bits per heavy atom. The van der Waals surface area contributed by atoms with Crippen LogP contribution in [0.4, 0.5) is 4.39 Å². The molecule has 0 amide bonds. The van der Waals surface area contributed by atoms with Crippen molar-refractivity contribution in [2.24, 2.45) is 0 Å². The molecule has 0 aliphatic heterocycles. The van der Waals surface area contributed by atoms with Crippen LogP contribution < -0.4 is 5.32 Å². The van der Waals surface area contributed by atoms with Crippen molar-refractivity contribution in [1.29, 1.82) is 0 Å². The summed E-state index contributed by atoms with van der Waals surface area (Å²) in [5.41, 5.74) is 2.00. The Hall–Kier alpha value is -1.24. The Bertz CT molecular complexity index is 677. The predicted molar refractivity (Wildman–Crippen MR) is 85.7 cm³/mol. The Morgan fingerprint density at radius 3 is 2.43 bits per heavy atom. The molecule has 2 aromatic carbocycles. The highest BCUT2D eigenvalue weighted by atomic mass is 79.9. The lowest BCUT2D eigenvalue weighted by atomic mass is 10.1. The summed E-state index contributed by atoms with van der Waals surface area (Å²) in [4.78, 5) is 10.9. The summed E-state index contributed by atoms with van der Waals surface area (Å²) < 4.78 is 14.7. The summed E-state index contributed by atoms with van der Waals surface area (Å²) in [6, 6.07) is 9.42. The lowest BCUT2D eigenvalue weighted by Crippen LogP contribution is -2.14. The molecule has 110 valence electrons. The highest BCUT2D eigenvalue weighted by molar-refractivity contribution is 9.10. The molecule has 0 atom stereocenters. The molecular weight excluding hydrogens is 405 g/mol. The summed E-state index contributed by atoms with van der Waals surface area (Å²) >= 11 is 6.73. The first-order chi connectivity index (χ1) is 9.97. The van der Waals surface area contributed by atoms with Gasteiger partial charge in [0.15, 0.2) is 0 Å². The summed E-state index contributed by atoms with van der Waals surface area (Å²) in [6.07, 6.45) is 0. The first-order valence-electron chi connectivity index (χ1n) is 6.13. The maximum absolute atomic E-state index is 13.2. The van der Waals surface area contributed by atoms with Crippen molar-refractivity contribution in [1.82, 2.24) is 5.32 Å². The van der Waals surface area contributed by atoms with Gasteiger partial charge in [0.25, 0.3) is 0 Å². The van der Waals surface area contributed by atoms with Gasteiger partial charge in [-0.1, -0.05) is 37.9 Å². The van der Waals surface area contributed by atoms with Crippen LogP contribution in [0.5, 0.6) is 0 Å². The molecule has 2 aromatic rings. The summed E-state index contributed by atoms with van der Waals surface area (Å²) in [6.45, 7) is 1.05. The number of hydrogen-bond donors (Lipinski definition) is 2. The molecule has 0 heterocycles. The van der Waals surface area contributed by atoms with Crippen LogP contribution in [0.2, 0.25) is 0 Å². The van der Waals surface area contributed by atoms with E-state index in [0.717, 1.165) is 20.1 Å². The van der Waals surface area contributed by atoms with Crippen molar-refractivity contribution in [2.75, 3.05) is 0 Å². The molecule has 2 rings (SSSR count). The van der Waals surface area contributed by atoms with Gasteiger partial charge in [0.1, 0.15) is 5.82 Å². The van der Waals surface area contributed by atoms with E-state index in [9.17, 15) is 9.18 Å². The van der Waals surface area contributed by atoms with E-state index < -0.39 is 5.97 Å². The molecule has 21 heavy (non-hydrogen) atoms. The lowest BCUT2D eigenvalue weighted by Gasteiger charge is -2.09. The van der Waals surface area contributed by atoms with Gasteiger partial charge >= 0.3 is 5.97 Å². The average Bonchev–Trinajstić information content (AvgIpc) is 2.44. The van der Waals surface area contributed by atoms with Gasteiger partial charge in [0, 0.05) is 22.0 Å². The van der Waals surface area contributed by atoms with E-state index >= 15 is 0 Å². The molecule has 3 nitrogen and oxygen atoms in total. The number of benzene rings is 2. The second-order valence-corrected chi connectivity index (χ2v) is 6.16. The maximum Gasteiger partial charge on any atom is 0.335 e. The minimum Gasteiger partial charge on any atom is -0.478 e. The van der Waals surface area contributed by atoms with Crippen LogP contribution in [0.15, 0.2) is 45.3 Å². The molecule has 0 aliphatic carbocycles. The lowest BCUT2D eigenvalue weighted by molar-refractivity contribution is 0.0697. The first kappa shape index (κ1) is 16.1. The molecule has 6 heteroatoms. The number of nitrogens with one attached hydrogen (secondary N) is 1. The van der Waals surface area contributed by atoms with Crippen LogP contribution in [0.25, 0.3) is 0 Å². The maximum atomic E-state index is 13.2. The van der Waals surface area contributed by atoms with Crippen molar-refractivity contribution in [2.45, 2.75) is 13.1 Å². The Balaban J connectivity index is 2.00. The van der Waals surface area contributed by atoms with Crippen LogP contribution in [-0.4, -0.2) is 11.1 Å². The van der Waals surface area contributed by atoms with Gasteiger partial charge in [-0.05, 0) is 41.5 Å². The topological polar surface area (TPSA) is 49.3 Å². The predicted octanol–water partition coefficient (Wildman–Crippen LogP) is 4.34. The van der Waals surface area contributed by atoms with Crippen molar-refractivity contribution in [3.05, 3.63) is 67.9 Å². The van der Waals surface area contributed by atoms with Crippen molar-refractivity contribution >= 4 is 37.8 Å². The molecule has 0 radical (unpaired) electrons. The Morgan fingerprint density at radius 1 is 1.05 bits per heavy atom. The second kappa shape index (κ2) is 7.15. The third-order valence-corrected chi connectivity index (χ3v) is 4.45. The van der Waals surface area contributed by atoms with Crippen molar-refractivity contribution < 1.29 is 14.3 Å². The number of hydrogen-bond acceptors (Lipinski definition) is 2. The summed E-state index contributed by atoms with van der Waals surface area (Å²) in [5.74, 6) is -1.24. The SMILES string of the molecule is O=C(O)c1ccc(CNCc2cc(F)ccc2Br)c(Br)c1. The summed E-state index contributed by atoms with van der Waals surface area (Å²) in [7, 11) is 0.